The summed E-state index contributed by atoms with van der Waals surface area (Å²) in [6.07, 6.45) is 2.29. The van der Waals surface area contributed by atoms with Crippen LogP contribution in [-0.4, -0.2) is 37.3 Å². The van der Waals surface area contributed by atoms with Crippen molar-refractivity contribution >= 4 is 27.5 Å². The van der Waals surface area contributed by atoms with E-state index >= 15 is 0 Å². The largest absolute Gasteiger partial charge is 0.380 e. The minimum absolute atomic E-state index is 0.236. The number of halogens is 2. The molecule has 1 fully saturated rings. The van der Waals surface area contributed by atoms with Crippen LogP contribution in [0.25, 0.3) is 0 Å². The lowest BCUT2D eigenvalue weighted by Crippen LogP contribution is -2.52. The van der Waals surface area contributed by atoms with Gasteiger partial charge in [-0.25, -0.2) is 4.98 Å². The van der Waals surface area contributed by atoms with Crippen molar-refractivity contribution in [2.45, 2.75) is 31.8 Å². The van der Waals surface area contributed by atoms with Gasteiger partial charge >= 0.3 is 0 Å². The van der Waals surface area contributed by atoms with Crippen LogP contribution in [0.5, 0.6) is 0 Å². The standard InChI is InChI=1S/C14H21BrClN3O/c1-2-3-4-20-9-11-7-17-8-12(18-11)10-5-13(15)19-14(16)6-10/h5-6,11-12,17-18H,2-4,7-9H2,1H3. The number of aromatic nitrogens is 1. The molecule has 2 atom stereocenters. The van der Waals surface area contributed by atoms with Crippen LogP contribution in [-0.2, 0) is 4.74 Å². The van der Waals surface area contributed by atoms with Gasteiger partial charge in [0.2, 0.25) is 0 Å². The molecule has 2 N–H and O–H groups in total. The van der Waals surface area contributed by atoms with Crippen LogP contribution in [0, 0.1) is 0 Å². The minimum Gasteiger partial charge on any atom is -0.380 e. The fourth-order valence-electron chi connectivity index (χ4n) is 2.28. The summed E-state index contributed by atoms with van der Waals surface area (Å²) < 4.78 is 6.46. The van der Waals surface area contributed by atoms with Gasteiger partial charge in [-0.1, -0.05) is 24.9 Å². The first kappa shape index (κ1) is 16.2. The zero-order valence-corrected chi connectivity index (χ0v) is 14.0. The highest BCUT2D eigenvalue weighted by molar-refractivity contribution is 9.10. The Morgan fingerprint density at radius 3 is 3.05 bits per heavy atom. The van der Waals surface area contributed by atoms with Crippen LogP contribution in [0.2, 0.25) is 5.15 Å². The van der Waals surface area contributed by atoms with Gasteiger partial charge in [0.1, 0.15) is 9.76 Å². The topological polar surface area (TPSA) is 46.2 Å². The van der Waals surface area contributed by atoms with E-state index in [1.54, 1.807) is 0 Å². The molecule has 1 aromatic rings. The molecule has 2 heterocycles. The van der Waals surface area contributed by atoms with E-state index in [0.717, 1.165) is 42.9 Å². The third kappa shape index (κ3) is 4.97. The summed E-state index contributed by atoms with van der Waals surface area (Å²) in [7, 11) is 0. The molecule has 0 spiro atoms. The van der Waals surface area contributed by atoms with E-state index in [2.05, 4.69) is 38.5 Å². The number of ether oxygens (including phenoxy) is 1. The summed E-state index contributed by atoms with van der Waals surface area (Å²) in [4.78, 5) is 4.13. The van der Waals surface area contributed by atoms with Crippen molar-refractivity contribution in [3.05, 3.63) is 27.5 Å². The summed E-state index contributed by atoms with van der Waals surface area (Å²) in [5.41, 5.74) is 1.14. The lowest BCUT2D eigenvalue weighted by atomic mass is 10.0. The Kier molecular flexibility index (Phi) is 6.71. The number of pyridine rings is 1. The molecule has 2 unspecified atom stereocenters. The number of piperazine rings is 1. The second-order valence-corrected chi connectivity index (χ2v) is 6.25. The van der Waals surface area contributed by atoms with Crippen LogP contribution >= 0.6 is 27.5 Å². The molecule has 0 saturated carbocycles. The number of nitrogens with zero attached hydrogens (tertiary/aromatic N) is 1. The highest BCUT2D eigenvalue weighted by Crippen LogP contribution is 2.22. The maximum absolute atomic E-state index is 6.01. The fourth-order valence-corrected chi connectivity index (χ4v) is 3.06. The van der Waals surface area contributed by atoms with Gasteiger partial charge in [-0.2, -0.15) is 0 Å². The van der Waals surface area contributed by atoms with Gasteiger partial charge in [-0.15, -0.1) is 0 Å². The van der Waals surface area contributed by atoms with Crippen molar-refractivity contribution in [2.75, 3.05) is 26.3 Å². The predicted molar refractivity (Wildman–Crippen MR) is 85.2 cm³/mol. The minimum atomic E-state index is 0.236. The molecule has 1 aliphatic rings. The molecular weight excluding hydrogens is 342 g/mol. The molecule has 20 heavy (non-hydrogen) atoms. The van der Waals surface area contributed by atoms with Gasteiger partial charge in [-0.05, 0) is 40.0 Å². The van der Waals surface area contributed by atoms with Gasteiger partial charge in [-0.3, -0.25) is 0 Å². The summed E-state index contributed by atoms with van der Waals surface area (Å²) in [6, 6.07) is 4.48. The van der Waals surface area contributed by atoms with Crippen LogP contribution in [0.1, 0.15) is 31.4 Å². The average Bonchev–Trinajstić information content (AvgIpc) is 2.43. The summed E-state index contributed by atoms with van der Waals surface area (Å²) in [6.45, 7) is 5.57. The SMILES string of the molecule is CCCCOCC1CNCC(c2cc(Cl)nc(Br)c2)N1. The van der Waals surface area contributed by atoms with Gasteiger partial charge < -0.3 is 15.4 Å². The lowest BCUT2D eigenvalue weighted by molar-refractivity contribution is 0.0979. The third-order valence-electron chi connectivity index (χ3n) is 3.32. The Hall–Kier alpha value is -0.200. The fraction of sp³-hybridized carbons (Fsp3) is 0.643. The van der Waals surface area contributed by atoms with Crippen molar-refractivity contribution in [3.8, 4) is 0 Å². The molecule has 6 heteroatoms. The first-order valence-corrected chi connectivity index (χ1v) is 8.23. The molecule has 0 radical (unpaired) electrons. The van der Waals surface area contributed by atoms with E-state index in [9.17, 15) is 0 Å². The van der Waals surface area contributed by atoms with Crippen LogP contribution in [0.15, 0.2) is 16.7 Å². The predicted octanol–water partition coefficient (Wildman–Crippen LogP) is 2.92. The molecule has 0 amide bonds. The van der Waals surface area contributed by atoms with E-state index < -0.39 is 0 Å². The maximum Gasteiger partial charge on any atom is 0.130 e. The zero-order chi connectivity index (χ0) is 14.4. The van der Waals surface area contributed by atoms with Crippen molar-refractivity contribution < 1.29 is 4.74 Å². The molecule has 4 nitrogen and oxygen atoms in total. The van der Waals surface area contributed by atoms with Crippen molar-refractivity contribution in [3.63, 3.8) is 0 Å². The number of rotatable bonds is 6. The highest BCUT2D eigenvalue weighted by atomic mass is 79.9. The summed E-state index contributed by atoms with van der Waals surface area (Å²) in [5.74, 6) is 0. The number of hydrogen-bond donors (Lipinski definition) is 2. The van der Waals surface area contributed by atoms with Crippen molar-refractivity contribution in [1.29, 1.82) is 0 Å². The molecular formula is C14H21BrClN3O. The number of nitrogens with one attached hydrogen (secondary N) is 2. The smallest absolute Gasteiger partial charge is 0.130 e. The Morgan fingerprint density at radius 2 is 2.30 bits per heavy atom. The molecule has 112 valence electrons. The normalized spacial score (nSPS) is 22.9. The Morgan fingerprint density at radius 1 is 1.45 bits per heavy atom. The molecule has 2 rings (SSSR count). The molecule has 0 aliphatic carbocycles. The van der Waals surface area contributed by atoms with E-state index in [4.69, 9.17) is 16.3 Å². The van der Waals surface area contributed by atoms with Crippen LogP contribution in [0.3, 0.4) is 0 Å². The van der Waals surface area contributed by atoms with E-state index in [-0.39, 0.29) is 6.04 Å². The Balaban J connectivity index is 1.89. The quantitative estimate of drug-likeness (QED) is 0.603. The third-order valence-corrected chi connectivity index (χ3v) is 3.92. The second kappa shape index (κ2) is 8.29. The van der Waals surface area contributed by atoms with Gasteiger partial charge in [0.15, 0.2) is 0 Å². The maximum atomic E-state index is 6.01. The van der Waals surface area contributed by atoms with Crippen LogP contribution < -0.4 is 10.6 Å². The van der Waals surface area contributed by atoms with Crippen molar-refractivity contribution in [1.82, 2.24) is 15.6 Å². The first-order chi connectivity index (χ1) is 9.69. The summed E-state index contributed by atoms with van der Waals surface area (Å²) in [5, 5.41) is 7.56. The highest BCUT2D eigenvalue weighted by Gasteiger charge is 2.22. The average molecular weight is 363 g/mol. The second-order valence-electron chi connectivity index (χ2n) is 5.05. The summed E-state index contributed by atoms with van der Waals surface area (Å²) >= 11 is 9.40. The van der Waals surface area contributed by atoms with E-state index in [1.165, 1.54) is 6.42 Å². The van der Waals surface area contributed by atoms with Gasteiger partial charge in [0, 0.05) is 31.8 Å². The van der Waals surface area contributed by atoms with Crippen LogP contribution in [0.4, 0.5) is 0 Å². The first-order valence-electron chi connectivity index (χ1n) is 7.06. The Bertz CT molecular complexity index is 413. The lowest BCUT2D eigenvalue weighted by Gasteiger charge is -2.32. The van der Waals surface area contributed by atoms with Gasteiger partial charge in [0.25, 0.3) is 0 Å². The van der Waals surface area contributed by atoms with E-state index in [1.807, 2.05) is 12.1 Å². The number of hydrogen-bond acceptors (Lipinski definition) is 4. The van der Waals surface area contributed by atoms with E-state index in [0.29, 0.717) is 11.2 Å². The molecule has 0 aromatic carbocycles. The monoisotopic (exact) mass is 361 g/mol. The molecule has 1 saturated heterocycles. The van der Waals surface area contributed by atoms with Gasteiger partial charge in [0.05, 0.1) is 6.61 Å². The zero-order valence-electron chi connectivity index (χ0n) is 11.7. The van der Waals surface area contributed by atoms with Crippen molar-refractivity contribution in [2.24, 2.45) is 0 Å². The molecule has 1 aliphatic heterocycles. The molecule has 1 aromatic heterocycles. The number of unbranched alkanes of at least 4 members (excludes halogenated alkanes) is 1. The Labute approximate surface area is 133 Å². The molecule has 0 bridgehead atoms.